The summed E-state index contributed by atoms with van der Waals surface area (Å²) in [6.07, 6.45) is 0. The molecule has 0 fully saturated rings. The molecule has 0 aliphatic rings. The van der Waals surface area contributed by atoms with Crippen molar-refractivity contribution in [1.29, 1.82) is 0 Å². The molecule has 0 saturated heterocycles. The summed E-state index contributed by atoms with van der Waals surface area (Å²) in [6.45, 7) is 0. The molecule has 0 radical (unpaired) electrons. The summed E-state index contributed by atoms with van der Waals surface area (Å²) in [4.78, 5) is 2.39. The summed E-state index contributed by atoms with van der Waals surface area (Å²) >= 11 is 1.85. The first-order chi connectivity index (χ1) is 29.2. The van der Waals surface area contributed by atoms with Crippen molar-refractivity contribution in [3.63, 3.8) is 0 Å². The zero-order valence-electron chi connectivity index (χ0n) is 32.0. The van der Waals surface area contributed by atoms with E-state index in [9.17, 15) is 0 Å². The van der Waals surface area contributed by atoms with Crippen molar-refractivity contribution in [2.24, 2.45) is 0 Å². The molecule has 0 amide bonds. The molecule has 10 aromatic carbocycles. The average Bonchev–Trinajstić information content (AvgIpc) is 3.88. The van der Waals surface area contributed by atoms with Gasteiger partial charge in [-0.05, 0) is 116 Å². The zero-order chi connectivity index (χ0) is 38.9. The summed E-state index contributed by atoms with van der Waals surface area (Å²) in [7, 11) is 0. The van der Waals surface area contributed by atoms with Gasteiger partial charge in [-0.2, -0.15) is 0 Å². The van der Waals surface area contributed by atoms with E-state index in [1.807, 2.05) is 11.3 Å². The second-order valence-corrected chi connectivity index (χ2v) is 16.3. The van der Waals surface area contributed by atoms with Crippen molar-refractivity contribution >= 4 is 92.1 Å². The number of hydrogen-bond acceptors (Lipinski definition) is 3. The Kier molecular flexibility index (Phi) is 7.75. The number of rotatable bonds is 6. The highest BCUT2D eigenvalue weighted by molar-refractivity contribution is 7.25. The van der Waals surface area contributed by atoms with Gasteiger partial charge in [0, 0.05) is 42.3 Å². The van der Waals surface area contributed by atoms with Crippen molar-refractivity contribution in [3.05, 3.63) is 212 Å². The van der Waals surface area contributed by atoms with Crippen molar-refractivity contribution in [2.75, 3.05) is 4.90 Å². The molecule has 0 spiro atoms. The Balaban J connectivity index is 1.01. The standard InChI is InChI=1S/C56H35NOS/c1-3-18-45-37(11-1)13-9-21-46(45)42-16-7-14-39(33-42)36-25-29-43(30-26-36)57(51-22-10-23-52-55(51)49-31-27-38-12-2-4-19-47(38)56(49)58-52)44-17-8-15-40(34-44)41-28-32-54-50(35-41)48-20-5-6-24-53(48)59-54/h1-35H. The van der Waals surface area contributed by atoms with Gasteiger partial charge in [0.05, 0.1) is 11.1 Å². The van der Waals surface area contributed by atoms with E-state index in [1.54, 1.807) is 0 Å². The smallest absolute Gasteiger partial charge is 0.143 e. The Bertz CT molecular complexity index is 3570. The van der Waals surface area contributed by atoms with E-state index < -0.39 is 0 Å². The Morgan fingerprint density at radius 3 is 1.88 bits per heavy atom. The van der Waals surface area contributed by atoms with Gasteiger partial charge >= 0.3 is 0 Å². The molecule has 0 aliphatic heterocycles. The van der Waals surface area contributed by atoms with E-state index in [0.29, 0.717) is 0 Å². The van der Waals surface area contributed by atoms with Crippen molar-refractivity contribution in [2.45, 2.75) is 0 Å². The summed E-state index contributed by atoms with van der Waals surface area (Å²) in [6, 6.07) is 77.0. The third-order valence-corrected chi connectivity index (χ3v) is 13.0. The van der Waals surface area contributed by atoms with Gasteiger partial charge in [0.25, 0.3) is 0 Å². The van der Waals surface area contributed by atoms with Crippen LogP contribution in [0.1, 0.15) is 0 Å². The molecule has 0 aliphatic carbocycles. The van der Waals surface area contributed by atoms with Crippen LogP contribution in [0, 0.1) is 0 Å². The minimum Gasteiger partial charge on any atom is -0.455 e. The van der Waals surface area contributed by atoms with E-state index >= 15 is 0 Å². The minimum atomic E-state index is 0.867. The van der Waals surface area contributed by atoms with E-state index in [2.05, 4.69) is 217 Å². The van der Waals surface area contributed by atoms with Crippen LogP contribution >= 0.6 is 11.3 Å². The fourth-order valence-electron chi connectivity index (χ4n) is 9.03. The molecule has 2 heterocycles. The lowest BCUT2D eigenvalue weighted by molar-refractivity contribution is 0.672. The number of fused-ring (bicyclic) bond motifs is 9. The van der Waals surface area contributed by atoms with Gasteiger partial charge < -0.3 is 9.32 Å². The summed E-state index contributed by atoms with van der Waals surface area (Å²) in [5.41, 5.74) is 12.2. The molecular formula is C56H35NOS. The van der Waals surface area contributed by atoms with Crippen molar-refractivity contribution in [3.8, 4) is 33.4 Å². The lowest BCUT2D eigenvalue weighted by Gasteiger charge is -2.27. The molecule has 2 nitrogen and oxygen atoms in total. The van der Waals surface area contributed by atoms with E-state index in [0.717, 1.165) is 44.4 Å². The topological polar surface area (TPSA) is 16.4 Å². The summed E-state index contributed by atoms with van der Waals surface area (Å²) in [5.74, 6) is 0. The molecule has 276 valence electrons. The van der Waals surface area contributed by atoms with Gasteiger partial charge in [0.2, 0.25) is 0 Å². The van der Waals surface area contributed by atoms with Crippen LogP contribution in [0.5, 0.6) is 0 Å². The van der Waals surface area contributed by atoms with Crippen LogP contribution in [0.15, 0.2) is 217 Å². The van der Waals surface area contributed by atoms with Crippen LogP contribution in [0.3, 0.4) is 0 Å². The van der Waals surface area contributed by atoms with E-state index in [1.165, 1.54) is 69.7 Å². The molecule has 59 heavy (non-hydrogen) atoms. The maximum Gasteiger partial charge on any atom is 0.143 e. The lowest BCUT2D eigenvalue weighted by atomic mass is 9.95. The first-order valence-electron chi connectivity index (χ1n) is 20.1. The molecular weight excluding hydrogens is 735 g/mol. The average molecular weight is 770 g/mol. The number of benzene rings is 10. The van der Waals surface area contributed by atoms with Crippen LogP contribution in [-0.2, 0) is 0 Å². The minimum absolute atomic E-state index is 0.867. The number of hydrogen-bond donors (Lipinski definition) is 0. The van der Waals surface area contributed by atoms with Gasteiger partial charge in [-0.3, -0.25) is 0 Å². The first kappa shape index (κ1) is 33.7. The monoisotopic (exact) mass is 769 g/mol. The van der Waals surface area contributed by atoms with Gasteiger partial charge in [0.15, 0.2) is 0 Å². The lowest BCUT2D eigenvalue weighted by Crippen LogP contribution is -2.10. The van der Waals surface area contributed by atoms with Crippen LogP contribution in [0.25, 0.3) is 97.0 Å². The highest BCUT2D eigenvalue weighted by Gasteiger charge is 2.21. The summed E-state index contributed by atoms with van der Waals surface area (Å²) < 4.78 is 9.34. The van der Waals surface area contributed by atoms with Crippen LogP contribution in [0.4, 0.5) is 17.1 Å². The predicted octanol–water partition coefficient (Wildman–Crippen LogP) is 16.7. The van der Waals surface area contributed by atoms with Crippen molar-refractivity contribution < 1.29 is 4.42 Å². The third-order valence-electron chi connectivity index (χ3n) is 11.8. The van der Waals surface area contributed by atoms with Gasteiger partial charge in [0.1, 0.15) is 11.2 Å². The van der Waals surface area contributed by atoms with Crippen LogP contribution in [0.2, 0.25) is 0 Å². The van der Waals surface area contributed by atoms with E-state index in [4.69, 9.17) is 4.42 Å². The fraction of sp³-hybridized carbons (Fsp3) is 0. The molecule has 0 bridgehead atoms. The number of furan rings is 1. The second-order valence-electron chi connectivity index (χ2n) is 15.3. The maximum atomic E-state index is 6.72. The number of thiophene rings is 1. The highest BCUT2D eigenvalue weighted by atomic mass is 32.1. The molecule has 0 atom stereocenters. The molecule has 3 heteroatoms. The normalized spacial score (nSPS) is 11.7. The largest absolute Gasteiger partial charge is 0.455 e. The Morgan fingerprint density at radius 1 is 0.356 bits per heavy atom. The van der Waals surface area contributed by atoms with Gasteiger partial charge in [-0.15, -0.1) is 11.3 Å². The molecule has 0 saturated carbocycles. The van der Waals surface area contributed by atoms with Crippen LogP contribution in [-0.4, -0.2) is 0 Å². The Labute approximate surface area is 345 Å². The molecule has 12 rings (SSSR count). The SMILES string of the molecule is c1cc(-c2ccc(N(c3cccc(-c4ccc5sc6ccccc6c5c4)c3)c3cccc4oc5c6ccccc6ccc5c34)cc2)cc(-c2cccc3ccccc23)c1. The van der Waals surface area contributed by atoms with Crippen LogP contribution < -0.4 is 4.90 Å². The molecule has 2 aromatic heterocycles. The molecule has 12 aromatic rings. The van der Waals surface area contributed by atoms with E-state index in [-0.39, 0.29) is 0 Å². The van der Waals surface area contributed by atoms with Gasteiger partial charge in [-0.25, -0.2) is 0 Å². The van der Waals surface area contributed by atoms with Gasteiger partial charge in [-0.1, -0.05) is 146 Å². The Hall–Kier alpha value is -7.46. The Morgan fingerprint density at radius 2 is 1.00 bits per heavy atom. The maximum absolute atomic E-state index is 6.72. The second kappa shape index (κ2) is 13.6. The predicted molar refractivity (Wildman–Crippen MR) is 253 cm³/mol. The molecule has 0 unspecified atom stereocenters. The first-order valence-corrected chi connectivity index (χ1v) is 20.9. The third kappa shape index (κ3) is 5.62. The number of anilines is 3. The zero-order valence-corrected chi connectivity index (χ0v) is 32.8. The fourth-order valence-corrected chi connectivity index (χ4v) is 10.1. The molecule has 0 N–H and O–H groups in total. The van der Waals surface area contributed by atoms with Crippen molar-refractivity contribution in [1.82, 2.24) is 0 Å². The summed E-state index contributed by atoms with van der Waals surface area (Å²) in [5, 5.41) is 9.60. The quantitative estimate of drug-likeness (QED) is 0.167. The number of nitrogens with zero attached hydrogens (tertiary/aromatic N) is 1. The highest BCUT2D eigenvalue weighted by Crippen LogP contribution is 2.46.